The zero-order valence-corrected chi connectivity index (χ0v) is 11.5. The summed E-state index contributed by atoms with van der Waals surface area (Å²) in [6.45, 7) is 8.07. The Bertz CT molecular complexity index is 509. The zero-order chi connectivity index (χ0) is 13.1. The first kappa shape index (κ1) is 12.8. The molecule has 98 valence electrons. The van der Waals surface area contributed by atoms with Gasteiger partial charge in [0.2, 0.25) is 0 Å². The summed E-state index contributed by atoms with van der Waals surface area (Å²) < 4.78 is 4.08. The van der Waals surface area contributed by atoms with E-state index in [9.17, 15) is 0 Å². The predicted molar refractivity (Wildman–Crippen MR) is 71.1 cm³/mol. The zero-order valence-electron chi connectivity index (χ0n) is 11.5. The summed E-state index contributed by atoms with van der Waals surface area (Å²) >= 11 is 0. The molecule has 0 atom stereocenters. The lowest BCUT2D eigenvalue weighted by molar-refractivity contribution is 0.550. The summed E-state index contributed by atoms with van der Waals surface area (Å²) in [7, 11) is 1.96. The fourth-order valence-corrected chi connectivity index (χ4v) is 1.98. The highest BCUT2D eigenvalue weighted by molar-refractivity contribution is 5.15. The molecule has 2 heterocycles. The second kappa shape index (κ2) is 5.35. The lowest BCUT2D eigenvalue weighted by Gasteiger charge is -2.12. The third-order valence-corrected chi connectivity index (χ3v) is 3.26. The van der Waals surface area contributed by atoms with Gasteiger partial charge in [0.1, 0.15) is 0 Å². The average molecular weight is 247 g/mol. The van der Waals surface area contributed by atoms with Gasteiger partial charge in [0.25, 0.3) is 0 Å². The van der Waals surface area contributed by atoms with Crippen LogP contribution >= 0.6 is 0 Å². The number of hydrogen-bond donors (Lipinski definition) is 1. The van der Waals surface area contributed by atoms with Gasteiger partial charge in [-0.15, -0.1) is 0 Å². The van der Waals surface area contributed by atoms with Crippen molar-refractivity contribution in [2.24, 2.45) is 7.05 Å². The quantitative estimate of drug-likeness (QED) is 0.876. The third kappa shape index (κ3) is 2.61. The van der Waals surface area contributed by atoms with Crippen LogP contribution < -0.4 is 5.32 Å². The first-order chi connectivity index (χ1) is 8.59. The summed E-state index contributed by atoms with van der Waals surface area (Å²) in [5.41, 5.74) is 3.67. The molecule has 2 aromatic rings. The maximum Gasteiger partial charge on any atom is 0.0951 e. The number of nitrogens with one attached hydrogen (secondary N) is 1. The largest absolute Gasteiger partial charge is 0.331 e. The minimum atomic E-state index is 0.449. The van der Waals surface area contributed by atoms with Crippen LogP contribution in [0.5, 0.6) is 0 Å². The number of imidazole rings is 1. The van der Waals surface area contributed by atoms with Crippen molar-refractivity contribution in [3.05, 3.63) is 35.7 Å². The van der Waals surface area contributed by atoms with Crippen LogP contribution in [-0.2, 0) is 20.1 Å². The van der Waals surface area contributed by atoms with Crippen molar-refractivity contribution in [1.29, 1.82) is 0 Å². The molecule has 0 aliphatic rings. The minimum Gasteiger partial charge on any atom is -0.331 e. The molecule has 5 heteroatoms. The Balaban J connectivity index is 1.92. The first-order valence-electron chi connectivity index (χ1n) is 6.28. The second-order valence-corrected chi connectivity index (χ2v) is 4.87. The fourth-order valence-electron chi connectivity index (χ4n) is 1.98. The van der Waals surface area contributed by atoms with Gasteiger partial charge in [-0.3, -0.25) is 4.68 Å². The van der Waals surface area contributed by atoms with Crippen molar-refractivity contribution in [3.8, 4) is 0 Å². The number of hydrogen-bond acceptors (Lipinski definition) is 3. The lowest BCUT2D eigenvalue weighted by atomic mass is 10.2. The molecule has 2 aromatic heterocycles. The molecule has 0 saturated carbocycles. The Morgan fingerprint density at radius 3 is 2.67 bits per heavy atom. The fraction of sp³-hybridized carbons (Fsp3) is 0.538. The Kier molecular flexibility index (Phi) is 3.81. The predicted octanol–water partition coefficient (Wildman–Crippen LogP) is 1.80. The van der Waals surface area contributed by atoms with Crippen molar-refractivity contribution in [3.63, 3.8) is 0 Å². The van der Waals surface area contributed by atoms with Crippen LogP contribution in [0.4, 0.5) is 0 Å². The van der Waals surface area contributed by atoms with Crippen molar-refractivity contribution >= 4 is 0 Å². The monoisotopic (exact) mass is 247 g/mol. The van der Waals surface area contributed by atoms with Gasteiger partial charge in [-0.25, -0.2) is 4.98 Å². The SMILES string of the molecule is Cc1c(CNCc2cncn2C(C)C)cnn1C. The van der Waals surface area contributed by atoms with E-state index in [1.165, 1.54) is 17.0 Å². The first-order valence-corrected chi connectivity index (χ1v) is 6.28. The molecule has 1 N–H and O–H groups in total. The van der Waals surface area contributed by atoms with Crippen molar-refractivity contribution < 1.29 is 0 Å². The summed E-state index contributed by atoms with van der Waals surface area (Å²) in [5.74, 6) is 0. The Hall–Kier alpha value is -1.62. The Morgan fingerprint density at radius 1 is 1.28 bits per heavy atom. The number of aryl methyl sites for hydroxylation is 1. The Labute approximate surface area is 108 Å². The van der Waals surface area contributed by atoms with Gasteiger partial charge in [-0.2, -0.15) is 5.10 Å². The van der Waals surface area contributed by atoms with E-state index in [4.69, 9.17) is 0 Å². The van der Waals surface area contributed by atoms with Crippen LogP contribution in [0.1, 0.15) is 36.8 Å². The molecule has 5 nitrogen and oxygen atoms in total. The van der Waals surface area contributed by atoms with Crippen LogP contribution in [-0.4, -0.2) is 19.3 Å². The number of aromatic nitrogens is 4. The van der Waals surface area contributed by atoms with Crippen molar-refractivity contribution in [1.82, 2.24) is 24.6 Å². The standard InChI is InChI=1S/C13H21N5/c1-10(2)18-9-15-8-13(18)7-14-5-12-6-16-17(4)11(12)3/h6,8-10,14H,5,7H2,1-4H3. The molecule has 0 amide bonds. The second-order valence-electron chi connectivity index (χ2n) is 4.87. The molecule has 0 radical (unpaired) electrons. The van der Waals surface area contributed by atoms with Crippen LogP contribution in [0.15, 0.2) is 18.7 Å². The molecular formula is C13H21N5. The van der Waals surface area contributed by atoms with Gasteiger partial charge in [0.15, 0.2) is 0 Å². The average Bonchev–Trinajstić information content (AvgIpc) is 2.91. The molecule has 0 bridgehead atoms. The topological polar surface area (TPSA) is 47.7 Å². The van der Waals surface area contributed by atoms with Gasteiger partial charge in [0, 0.05) is 43.6 Å². The Morgan fingerprint density at radius 2 is 2.06 bits per heavy atom. The van der Waals surface area contributed by atoms with Gasteiger partial charge >= 0.3 is 0 Å². The normalized spacial score (nSPS) is 11.4. The third-order valence-electron chi connectivity index (χ3n) is 3.26. The molecule has 0 aromatic carbocycles. The van der Waals surface area contributed by atoms with E-state index in [2.05, 4.69) is 40.7 Å². The molecule has 2 rings (SSSR count). The number of rotatable bonds is 5. The van der Waals surface area contributed by atoms with Crippen molar-refractivity contribution in [2.75, 3.05) is 0 Å². The summed E-state index contributed by atoms with van der Waals surface area (Å²) in [6.07, 6.45) is 5.72. The smallest absolute Gasteiger partial charge is 0.0951 e. The lowest BCUT2D eigenvalue weighted by Crippen LogP contribution is -2.16. The van der Waals surface area contributed by atoms with Crippen LogP contribution in [0.2, 0.25) is 0 Å². The van der Waals surface area contributed by atoms with E-state index < -0.39 is 0 Å². The van der Waals surface area contributed by atoms with E-state index in [0.717, 1.165) is 13.1 Å². The maximum atomic E-state index is 4.24. The minimum absolute atomic E-state index is 0.449. The molecule has 0 spiro atoms. The molecule has 0 aliphatic heterocycles. The van der Waals surface area contributed by atoms with Crippen LogP contribution in [0.25, 0.3) is 0 Å². The van der Waals surface area contributed by atoms with Crippen molar-refractivity contribution in [2.45, 2.75) is 39.9 Å². The highest BCUT2D eigenvalue weighted by Gasteiger charge is 2.06. The van der Waals surface area contributed by atoms with E-state index >= 15 is 0 Å². The highest BCUT2D eigenvalue weighted by atomic mass is 15.3. The number of nitrogens with zero attached hydrogens (tertiary/aromatic N) is 4. The summed E-state index contributed by atoms with van der Waals surface area (Å²) in [5, 5.41) is 7.68. The van der Waals surface area contributed by atoms with Gasteiger partial charge in [-0.1, -0.05) is 0 Å². The molecule has 0 saturated heterocycles. The summed E-state index contributed by atoms with van der Waals surface area (Å²) in [6, 6.07) is 0.449. The summed E-state index contributed by atoms with van der Waals surface area (Å²) in [4.78, 5) is 4.20. The van der Waals surface area contributed by atoms with E-state index in [1.807, 2.05) is 30.5 Å². The molecular weight excluding hydrogens is 226 g/mol. The van der Waals surface area contributed by atoms with E-state index in [-0.39, 0.29) is 0 Å². The van der Waals surface area contributed by atoms with E-state index in [1.54, 1.807) is 0 Å². The molecule has 0 aliphatic carbocycles. The van der Waals surface area contributed by atoms with Gasteiger partial charge in [-0.05, 0) is 20.8 Å². The van der Waals surface area contributed by atoms with Crippen LogP contribution in [0.3, 0.4) is 0 Å². The molecule has 18 heavy (non-hydrogen) atoms. The molecule has 0 fully saturated rings. The maximum absolute atomic E-state index is 4.24. The van der Waals surface area contributed by atoms with E-state index in [0.29, 0.717) is 6.04 Å². The van der Waals surface area contributed by atoms with Gasteiger partial charge in [0.05, 0.1) is 18.2 Å². The molecule has 0 unspecified atom stereocenters. The van der Waals surface area contributed by atoms with Crippen LogP contribution in [0, 0.1) is 6.92 Å². The highest BCUT2D eigenvalue weighted by Crippen LogP contribution is 2.09. The van der Waals surface area contributed by atoms with Gasteiger partial charge < -0.3 is 9.88 Å².